The summed E-state index contributed by atoms with van der Waals surface area (Å²) >= 11 is 0. The molecule has 0 aliphatic rings. The third-order valence-corrected chi connectivity index (χ3v) is 5.91. The summed E-state index contributed by atoms with van der Waals surface area (Å²) in [5.41, 5.74) is 2.32. The summed E-state index contributed by atoms with van der Waals surface area (Å²) in [5, 5.41) is 6.95. The SMILES string of the molecule is O=C(Nc1ccccc1Cn1cncn1)c1ccc(S(=O)(=O)Nc2ccccc2)cc1. The van der Waals surface area contributed by atoms with Gasteiger partial charge in [0, 0.05) is 16.9 Å². The van der Waals surface area contributed by atoms with Crippen LogP contribution in [-0.4, -0.2) is 29.1 Å². The Kier molecular flexibility index (Phi) is 5.76. The highest BCUT2D eigenvalue weighted by molar-refractivity contribution is 7.92. The lowest BCUT2D eigenvalue weighted by atomic mass is 10.1. The van der Waals surface area contributed by atoms with Crippen LogP contribution in [0.5, 0.6) is 0 Å². The molecule has 0 saturated carbocycles. The third-order valence-electron chi connectivity index (χ3n) is 4.52. The van der Waals surface area contributed by atoms with Crippen LogP contribution in [0.25, 0.3) is 0 Å². The van der Waals surface area contributed by atoms with Gasteiger partial charge in [0.25, 0.3) is 15.9 Å². The van der Waals surface area contributed by atoms with Gasteiger partial charge in [0.05, 0.1) is 11.4 Å². The van der Waals surface area contributed by atoms with Crippen molar-refractivity contribution in [1.82, 2.24) is 14.8 Å². The Morgan fingerprint density at radius 1 is 0.903 bits per heavy atom. The van der Waals surface area contributed by atoms with Gasteiger partial charge in [-0.15, -0.1) is 0 Å². The number of benzene rings is 3. The van der Waals surface area contributed by atoms with Crippen LogP contribution < -0.4 is 10.0 Å². The maximum absolute atomic E-state index is 12.7. The Balaban J connectivity index is 1.48. The van der Waals surface area contributed by atoms with E-state index in [2.05, 4.69) is 20.1 Å². The van der Waals surface area contributed by atoms with E-state index in [0.717, 1.165) is 5.56 Å². The highest BCUT2D eigenvalue weighted by Gasteiger charge is 2.16. The maximum Gasteiger partial charge on any atom is 0.261 e. The number of aromatic nitrogens is 3. The molecule has 1 aromatic heterocycles. The molecule has 1 amide bonds. The molecular formula is C22H19N5O3S. The smallest absolute Gasteiger partial charge is 0.261 e. The molecule has 4 rings (SSSR count). The molecule has 0 atom stereocenters. The van der Waals surface area contributed by atoms with E-state index >= 15 is 0 Å². The highest BCUT2D eigenvalue weighted by atomic mass is 32.2. The van der Waals surface area contributed by atoms with Crippen LogP contribution in [0.15, 0.2) is 96.4 Å². The zero-order valence-corrected chi connectivity index (χ0v) is 17.2. The van der Waals surface area contributed by atoms with E-state index in [1.165, 1.54) is 30.6 Å². The minimum absolute atomic E-state index is 0.0690. The van der Waals surface area contributed by atoms with E-state index in [-0.39, 0.29) is 10.8 Å². The van der Waals surface area contributed by atoms with Crippen molar-refractivity contribution in [3.63, 3.8) is 0 Å². The molecule has 0 unspecified atom stereocenters. The molecule has 0 bridgehead atoms. The van der Waals surface area contributed by atoms with Crippen molar-refractivity contribution in [2.45, 2.75) is 11.4 Å². The first-order valence-electron chi connectivity index (χ1n) is 9.41. The molecule has 2 N–H and O–H groups in total. The first kappa shape index (κ1) is 20.3. The molecule has 0 spiro atoms. The summed E-state index contributed by atoms with van der Waals surface area (Å²) in [7, 11) is -3.75. The van der Waals surface area contributed by atoms with E-state index in [4.69, 9.17) is 0 Å². The predicted molar refractivity (Wildman–Crippen MR) is 117 cm³/mol. The maximum atomic E-state index is 12.7. The lowest BCUT2D eigenvalue weighted by molar-refractivity contribution is 0.102. The fraction of sp³-hybridized carbons (Fsp3) is 0.0455. The molecule has 9 heteroatoms. The number of carbonyl (C=O) groups excluding carboxylic acids is 1. The van der Waals surface area contributed by atoms with Gasteiger partial charge in [-0.25, -0.2) is 18.1 Å². The molecule has 8 nitrogen and oxygen atoms in total. The summed E-state index contributed by atoms with van der Waals surface area (Å²) in [6.45, 7) is 0.457. The second-order valence-corrected chi connectivity index (χ2v) is 8.38. The van der Waals surface area contributed by atoms with Crippen molar-refractivity contribution in [3.05, 3.63) is 103 Å². The Morgan fingerprint density at radius 2 is 1.61 bits per heavy atom. The van der Waals surface area contributed by atoms with Gasteiger partial charge >= 0.3 is 0 Å². The number of carbonyl (C=O) groups is 1. The Labute approximate surface area is 179 Å². The fourth-order valence-corrected chi connectivity index (χ4v) is 4.03. The van der Waals surface area contributed by atoms with Gasteiger partial charge in [-0.05, 0) is 48.0 Å². The first-order valence-corrected chi connectivity index (χ1v) is 10.9. The standard InChI is InChI=1S/C22H19N5O3S/c28-22(25-21-9-5-4-6-18(21)14-27-16-23-15-24-27)17-10-12-20(13-11-17)31(29,30)26-19-7-2-1-3-8-19/h1-13,15-16,26H,14H2,(H,25,28). The van der Waals surface area contributed by atoms with Crippen LogP contribution in [0.1, 0.15) is 15.9 Å². The van der Waals surface area contributed by atoms with Crippen molar-refractivity contribution in [3.8, 4) is 0 Å². The average Bonchev–Trinajstić information content (AvgIpc) is 3.29. The van der Waals surface area contributed by atoms with Gasteiger partial charge in [0.15, 0.2) is 0 Å². The minimum atomic E-state index is -3.75. The minimum Gasteiger partial charge on any atom is -0.322 e. The highest BCUT2D eigenvalue weighted by Crippen LogP contribution is 2.19. The Hall–Kier alpha value is -3.98. The van der Waals surface area contributed by atoms with Crippen molar-refractivity contribution in [1.29, 1.82) is 0 Å². The van der Waals surface area contributed by atoms with Crippen LogP contribution in [-0.2, 0) is 16.6 Å². The normalized spacial score (nSPS) is 11.1. The number of rotatable bonds is 7. The van der Waals surface area contributed by atoms with Crippen molar-refractivity contribution in [2.24, 2.45) is 0 Å². The van der Waals surface area contributed by atoms with Crippen LogP contribution in [0.4, 0.5) is 11.4 Å². The predicted octanol–water partition coefficient (Wildman–Crippen LogP) is 3.38. The zero-order valence-electron chi connectivity index (χ0n) is 16.3. The van der Waals surface area contributed by atoms with Crippen LogP contribution in [0, 0.1) is 0 Å². The monoisotopic (exact) mass is 433 g/mol. The number of sulfonamides is 1. The van der Waals surface area contributed by atoms with E-state index in [1.54, 1.807) is 47.4 Å². The number of amides is 1. The molecule has 4 aromatic rings. The van der Waals surface area contributed by atoms with Gasteiger partial charge in [-0.2, -0.15) is 5.10 Å². The molecule has 0 radical (unpaired) electrons. The molecule has 3 aromatic carbocycles. The van der Waals surface area contributed by atoms with Gasteiger partial charge in [-0.3, -0.25) is 9.52 Å². The molecule has 0 aliphatic heterocycles. The number of nitrogens with one attached hydrogen (secondary N) is 2. The lowest BCUT2D eigenvalue weighted by Crippen LogP contribution is -2.16. The molecule has 0 aliphatic carbocycles. The molecular weight excluding hydrogens is 414 g/mol. The zero-order chi connectivity index (χ0) is 21.7. The van der Waals surface area contributed by atoms with Crippen LogP contribution >= 0.6 is 0 Å². The van der Waals surface area contributed by atoms with E-state index in [9.17, 15) is 13.2 Å². The van der Waals surface area contributed by atoms with E-state index in [0.29, 0.717) is 23.5 Å². The molecule has 1 heterocycles. The van der Waals surface area contributed by atoms with Gasteiger partial charge < -0.3 is 5.32 Å². The van der Waals surface area contributed by atoms with Gasteiger partial charge in [0.2, 0.25) is 0 Å². The topological polar surface area (TPSA) is 106 Å². The largest absolute Gasteiger partial charge is 0.322 e. The quantitative estimate of drug-likeness (QED) is 0.465. The van der Waals surface area contributed by atoms with E-state index in [1.807, 2.05) is 18.2 Å². The molecule has 31 heavy (non-hydrogen) atoms. The van der Waals surface area contributed by atoms with Crippen LogP contribution in [0.3, 0.4) is 0 Å². The number of para-hydroxylation sites is 2. The number of hydrogen-bond acceptors (Lipinski definition) is 5. The van der Waals surface area contributed by atoms with Crippen molar-refractivity contribution in [2.75, 3.05) is 10.0 Å². The molecule has 156 valence electrons. The summed E-state index contributed by atoms with van der Waals surface area (Å²) in [4.78, 5) is 16.7. The van der Waals surface area contributed by atoms with Crippen molar-refractivity contribution < 1.29 is 13.2 Å². The summed E-state index contributed by atoms with van der Waals surface area (Å²) in [6.07, 6.45) is 3.05. The second kappa shape index (κ2) is 8.80. The van der Waals surface area contributed by atoms with Crippen LogP contribution in [0.2, 0.25) is 0 Å². The van der Waals surface area contributed by atoms with Gasteiger partial charge in [0.1, 0.15) is 12.7 Å². The number of hydrogen-bond donors (Lipinski definition) is 2. The summed E-state index contributed by atoms with van der Waals surface area (Å²) in [6, 6.07) is 21.8. The third kappa shape index (κ3) is 4.96. The number of nitrogens with zero attached hydrogens (tertiary/aromatic N) is 3. The van der Waals surface area contributed by atoms with E-state index < -0.39 is 10.0 Å². The summed E-state index contributed by atoms with van der Waals surface area (Å²) in [5.74, 6) is -0.342. The average molecular weight is 433 g/mol. The molecule has 0 fully saturated rings. The Morgan fingerprint density at radius 3 is 2.32 bits per heavy atom. The molecule has 0 saturated heterocycles. The Bertz CT molecular complexity index is 1270. The lowest BCUT2D eigenvalue weighted by Gasteiger charge is -2.12. The van der Waals surface area contributed by atoms with Gasteiger partial charge in [-0.1, -0.05) is 36.4 Å². The van der Waals surface area contributed by atoms with Crippen molar-refractivity contribution >= 4 is 27.3 Å². The number of anilines is 2. The summed E-state index contributed by atoms with van der Waals surface area (Å²) < 4.78 is 29.3. The first-order chi connectivity index (χ1) is 15.0. The fourth-order valence-electron chi connectivity index (χ4n) is 2.97. The second-order valence-electron chi connectivity index (χ2n) is 6.70.